The van der Waals surface area contributed by atoms with Gasteiger partial charge in [0, 0.05) is 48.0 Å². The molecule has 0 unspecified atom stereocenters. The van der Waals surface area contributed by atoms with Crippen molar-refractivity contribution in [2.45, 2.75) is 71.8 Å². The predicted molar refractivity (Wildman–Crippen MR) is 140 cm³/mol. The lowest BCUT2D eigenvalue weighted by Crippen LogP contribution is -2.32. The maximum Gasteiger partial charge on any atom is 0.163 e. The average Bonchev–Trinajstić information content (AvgIpc) is 3.24. The predicted octanol–water partition coefficient (Wildman–Crippen LogP) is 6.72. The smallest absolute Gasteiger partial charge is 0.163 e. The third-order valence-corrected chi connectivity index (χ3v) is 8.85. The van der Waals surface area contributed by atoms with Gasteiger partial charge in [0.05, 0.1) is 16.2 Å². The number of fused-ring (bicyclic) bond motifs is 2. The number of benzene rings is 1. The van der Waals surface area contributed by atoms with Gasteiger partial charge in [-0.25, -0.2) is 4.98 Å². The van der Waals surface area contributed by atoms with E-state index in [1.54, 1.807) is 6.20 Å². The Morgan fingerprint density at radius 2 is 1.94 bits per heavy atom. The van der Waals surface area contributed by atoms with Crippen molar-refractivity contribution in [2.24, 2.45) is 17.8 Å². The van der Waals surface area contributed by atoms with Crippen LogP contribution in [0.25, 0.3) is 10.9 Å². The molecular formula is C29H37N3OS. The van der Waals surface area contributed by atoms with Gasteiger partial charge < -0.3 is 0 Å². The van der Waals surface area contributed by atoms with Crippen molar-refractivity contribution in [2.75, 3.05) is 13.1 Å². The highest BCUT2D eigenvalue weighted by Crippen LogP contribution is 2.34. The zero-order valence-corrected chi connectivity index (χ0v) is 21.4. The summed E-state index contributed by atoms with van der Waals surface area (Å²) in [4.78, 5) is 26.6. The third-order valence-electron chi connectivity index (χ3n) is 7.67. The quantitative estimate of drug-likeness (QED) is 0.339. The molecule has 1 aliphatic heterocycles. The van der Waals surface area contributed by atoms with Gasteiger partial charge in [0.1, 0.15) is 0 Å². The Kier molecular flexibility index (Phi) is 7.40. The van der Waals surface area contributed by atoms with Crippen LogP contribution >= 0.6 is 11.3 Å². The van der Waals surface area contributed by atoms with Gasteiger partial charge in [-0.3, -0.25) is 14.7 Å². The molecule has 0 saturated heterocycles. The van der Waals surface area contributed by atoms with Crippen LogP contribution in [0, 0.1) is 17.8 Å². The Bertz CT molecular complexity index is 1120. The molecule has 1 fully saturated rings. The van der Waals surface area contributed by atoms with E-state index in [4.69, 9.17) is 4.98 Å². The van der Waals surface area contributed by atoms with Crippen molar-refractivity contribution < 1.29 is 4.79 Å². The molecule has 180 valence electrons. The molecule has 1 aromatic carbocycles. The van der Waals surface area contributed by atoms with Gasteiger partial charge in [-0.2, -0.15) is 0 Å². The second-order valence-corrected chi connectivity index (χ2v) is 11.9. The molecule has 3 heterocycles. The van der Waals surface area contributed by atoms with Crippen LogP contribution in [0.15, 0.2) is 36.5 Å². The number of ketones is 1. The summed E-state index contributed by atoms with van der Waals surface area (Å²) in [5.74, 6) is 2.30. The molecule has 0 radical (unpaired) electrons. The lowest BCUT2D eigenvalue weighted by Gasteiger charge is -2.31. The Balaban J connectivity index is 1.08. The van der Waals surface area contributed by atoms with Crippen LogP contribution in [-0.2, 0) is 19.4 Å². The molecule has 3 aromatic rings. The standard InChI is InChI=1S/C29H37N3OS/c1-20(2)17-29-31-26-19-32(16-13-28(26)34-29)15-12-21-8-10-22(11-9-21)18-27(33)24-5-3-7-25-23(24)6-4-14-30-25/h3-7,14,20-22H,8-13,15-19H2,1-2H3. The van der Waals surface area contributed by atoms with E-state index >= 15 is 0 Å². The topological polar surface area (TPSA) is 46.1 Å². The van der Waals surface area contributed by atoms with Crippen molar-refractivity contribution in [1.82, 2.24) is 14.9 Å². The summed E-state index contributed by atoms with van der Waals surface area (Å²) in [6.45, 7) is 7.96. The molecule has 0 atom stereocenters. The summed E-state index contributed by atoms with van der Waals surface area (Å²) in [5.41, 5.74) is 3.10. The number of hydrogen-bond donors (Lipinski definition) is 0. The first-order chi connectivity index (χ1) is 16.5. The summed E-state index contributed by atoms with van der Waals surface area (Å²) < 4.78 is 0. The minimum Gasteiger partial charge on any atom is -0.297 e. The molecule has 2 aliphatic rings. The Hall–Kier alpha value is -2.11. The van der Waals surface area contributed by atoms with Crippen LogP contribution in [0.3, 0.4) is 0 Å². The van der Waals surface area contributed by atoms with Crippen LogP contribution in [0.1, 0.15) is 78.3 Å². The Morgan fingerprint density at radius 1 is 1.12 bits per heavy atom. The van der Waals surface area contributed by atoms with Gasteiger partial charge in [-0.15, -0.1) is 11.3 Å². The summed E-state index contributed by atoms with van der Waals surface area (Å²) in [6, 6.07) is 9.86. The van der Waals surface area contributed by atoms with Crippen LogP contribution in [0.4, 0.5) is 0 Å². The minimum atomic E-state index is 0.284. The normalized spacial score (nSPS) is 21.1. The van der Waals surface area contributed by atoms with E-state index in [1.807, 2.05) is 41.7 Å². The fraction of sp³-hybridized carbons (Fsp3) is 0.552. The number of nitrogens with zero attached hydrogens (tertiary/aromatic N) is 3. The van der Waals surface area contributed by atoms with Gasteiger partial charge in [-0.05, 0) is 62.1 Å². The fourth-order valence-electron chi connectivity index (χ4n) is 5.74. The van der Waals surface area contributed by atoms with Crippen molar-refractivity contribution in [3.8, 4) is 0 Å². The zero-order valence-electron chi connectivity index (χ0n) is 20.6. The number of carbonyl (C=O) groups is 1. The SMILES string of the molecule is CC(C)Cc1nc2c(s1)CCN(CCC1CCC(CC(=O)c3cccc4ncccc34)CC1)C2. The molecule has 0 bridgehead atoms. The monoisotopic (exact) mass is 475 g/mol. The van der Waals surface area contributed by atoms with E-state index in [1.165, 1.54) is 67.2 Å². The van der Waals surface area contributed by atoms with E-state index in [-0.39, 0.29) is 5.78 Å². The first kappa shape index (κ1) is 23.6. The maximum absolute atomic E-state index is 13.1. The Labute approximate surface area is 207 Å². The third kappa shape index (κ3) is 5.58. The highest BCUT2D eigenvalue weighted by atomic mass is 32.1. The van der Waals surface area contributed by atoms with Crippen molar-refractivity contribution in [3.63, 3.8) is 0 Å². The molecule has 2 aromatic heterocycles. The second kappa shape index (κ2) is 10.7. The fourth-order valence-corrected chi connectivity index (χ4v) is 7.02. The average molecular weight is 476 g/mol. The van der Waals surface area contributed by atoms with Gasteiger partial charge in [0.2, 0.25) is 0 Å². The van der Waals surface area contributed by atoms with Gasteiger partial charge in [0.25, 0.3) is 0 Å². The van der Waals surface area contributed by atoms with Crippen molar-refractivity contribution in [3.05, 3.63) is 57.7 Å². The molecule has 0 N–H and O–H groups in total. The zero-order chi connectivity index (χ0) is 23.5. The number of hydrogen-bond acceptors (Lipinski definition) is 5. The lowest BCUT2D eigenvalue weighted by atomic mass is 9.78. The molecule has 5 rings (SSSR count). The van der Waals surface area contributed by atoms with E-state index in [2.05, 4.69) is 23.7 Å². The number of carbonyl (C=O) groups excluding carboxylic acids is 1. The van der Waals surface area contributed by atoms with E-state index in [9.17, 15) is 4.79 Å². The molecular weight excluding hydrogens is 438 g/mol. The number of pyridine rings is 1. The first-order valence-corrected chi connectivity index (χ1v) is 13.9. The molecule has 0 spiro atoms. The highest BCUT2D eigenvalue weighted by Gasteiger charge is 2.26. The van der Waals surface area contributed by atoms with E-state index < -0.39 is 0 Å². The van der Waals surface area contributed by atoms with Crippen LogP contribution < -0.4 is 0 Å². The van der Waals surface area contributed by atoms with E-state index in [0.717, 1.165) is 35.3 Å². The maximum atomic E-state index is 13.1. The largest absolute Gasteiger partial charge is 0.297 e. The van der Waals surface area contributed by atoms with Gasteiger partial charge in [0.15, 0.2) is 5.78 Å². The molecule has 4 nitrogen and oxygen atoms in total. The molecule has 1 saturated carbocycles. The van der Waals surface area contributed by atoms with Crippen molar-refractivity contribution >= 4 is 28.0 Å². The Morgan fingerprint density at radius 3 is 2.76 bits per heavy atom. The molecule has 34 heavy (non-hydrogen) atoms. The minimum absolute atomic E-state index is 0.284. The van der Waals surface area contributed by atoms with Gasteiger partial charge in [-0.1, -0.05) is 44.9 Å². The van der Waals surface area contributed by atoms with E-state index in [0.29, 0.717) is 18.3 Å². The van der Waals surface area contributed by atoms with Crippen molar-refractivity contribution in [1.29, 1.82) is 0 Å². The second-order valence-electron chi connectivity index (χ2n) is 10.8. The van der Waals surface area contributed by atoms with Crippen LogP contribution in [-0.4, -0.2) is 33.7 Å². The number of thiazole rings is 1. The summed E-state index contributed by atoms with van der Waals surface area (Å²) >= 11 is 1.95. The number of aromatic nitrogens is 2. The van der Waals surface area contributed by atoms with Crippen LogP contribution in [0.2, 0.25) is 0 Å². The molecule has 1 aliphatic carbocycles. The van der Waals surface area contributed by atoms with Gasteiger partial charge >= 0.3 is 0 Å². The summed E-state index contributed by atoms with van der Waals surface area (Å²) in [7, 11) is 0. The highest BCUT2D eigenvalue weighted by molar-refractivity contribution is 7.11. The first-order valence-electron chi connectivity index (χ1n) is 13.1. The lowest BCUT2D eigenvalue weighted by molar-refractivity contribution is 0.0941. The summed E-state index contributed by atoms with van der Waals surface area (Å²) in [6.07, 6.45) is 11.0. The molecule has 5 heteroatoms. The summed E-state index contributed by atoms with van der Waals surface area (Å²) in [5, 5.41) is 2.32. The number of Topliss-reactive ketones (excluding diaryl/α,β-unsaturated/α-hetero) is 1. The van der Waals surface area contributed by atoms with Crippen LogP contribution in [0.5, 0.6) is 0 Å². The molecule has 0 amide bonds. The number of rotatable bonds is 8.